The molecule has 1 rings (SSSR count). The topological polar surface area (TPSA) is 0 Å². The summed E-state index contributed by atoms with van der Waals surface area (Å²) in [6.07, 6.45) is -2.54. The minimum absolute atomic E-state index is 0.588. The molecular formula is C5H6F2. The van der Waals surface area contributed by atoms with Crippen LogP contribution in [0.2, 0.25) is 0 Å². The maximum Gasteiger partial charge on any atom is 0.269 e. The third-order valence-electron chi connectivity index (χ3n) is 0.965. The van der Waals surface area contributed by atoms with E-state index in [-0.39, 0.29) is 0 Å². The second-order valence-corrected chi connectivity index (χ2v) is 1.54. The molecule has 0 N–H and O–H groups in total. The van der Waals surface area contributed by atoms with Gasteiger partial charge in [-0.3, -0.25) is 0 Å². The molecule has 0 aromatic rings. The molecule has 0 unspecified atom stereocenters. The molecule has 0 nitrogen and oxygen atoms in total. The van der Waals surface area contributed by atoms with E-state index >= 15 is 0 Å². The summed E-state index contributed by atoms with van der Waals surface area (Å²) >= 11 is 0. The van der Waals surface area contributed by atoms with E-state index in [4.69, 9.17) is 2.74 Å². The van der Waals surface area contributed by atoms with Crippen molar-refractivity contribution in [3.63, 3.8) is 0 Å². The van der Waals surface area contributed by atoms with Crippen LogP contribution in [-0.4, -0.2) is 5.92 Å². The highest BCUT2D eigenvalue weighted by Crippen LogP contribution is 2.41. The van der Waals surface area contributed by atoms with E-state index in [1.807, 2.05) is 0 Å². The van der Waals surface area contributed by atoms with Gasteiger partial charge < -0.3 is 0 Å². The van der Waals surface area contributed by atoms with Crippen LogP contribution in [0.1, 0.15) is 15.5 Å². The fourth-order valence-electron chi connectivity index (χ4n) is 0.347. The lowest BCUT2D eigenvalue weighted by molar-refractivity contribution is -0.0104. The first-order chi connectivity index (χ1) is 3.86. The van der Waals surface area contributed by atoms with Gasteiger partial charge in [0.2, 0.25) is 0 Å². The average Bonchev–Trinajstić information content (AvgIpc) is 1.63. The van der Waals surface area contributed by atoms with Gasteiger partial charge in [0.25, 0.3) is 5.92 Å². The van der Waals surface area contributed by atoms with Crippen molar-refractivity contribution in [2.75, 3.05) is 0 Å². The van der Waals surface area contributed by atoms with Gasteiger partial charge in [-0.2, -0.15) is 0 Å². The van der Waals surface area contributed by atoms with Crippen LogP contribution in [0.25, 0.3) is 0 Å². The first-order valence-electron chi connectivity index (χ1n) is 2.94. The van der Waals surface area contributed by atoms with E-state index in [9.17, 15) is 8.78 Å². The van der Waals surface area contributed by atoms with Crippen LogP contribution in [0.3, 0.4) is 0 Å². The molecule has 0 bridgehead atoms. The Bertz CT molecular complexity index is 146. The molecule has 0 heterocycles. The smallest absolute Gasteiger partial charge is 0.202 e. The minimum Gasteiger partial charge on any atom is -0.202 e. The number of allylic oxidation sites excluding steroid dienone is 1. The highest BCUT2D eigenvalue weighted by Gasteiger charge is 2.40. The van der Waals surface area contributed by atoms with Gasteiger partial charge in [0, 0.05) is 9.16 Å². The lowest BCUT2D eigenvalue weighted by Crippen LogP contribution is -2.28. The predicted molar refractivity (Wildman–Crippen MR) is 23.3 cm³/mol. The molecule has 0 aromatic heterocycles. The van der Waals surface area contributed by atoms with Gasteiger partial charge in [-0.1, -0.05) is 6.58 Å². The SMILES string of the molecule is [2H]C1([2H])CC(F)(F)C1=C. The normalized spacial score (nSPS) is 38.3. The van der Waals surface area contributed by atoms with Crippen molar-refractivity contribution >= 4 is 0 Å². The van der Waals surface area contributed by atoms with Crippen molar-refractivity contribution in [1.82, 2.24) is 0 Å². The fraction of sp³-hybridized carbons (Fsp3) is 0.600. The average molecular weight is 106 g/mol. The number of hydrogen-bond acceptors (Lipinski definition) is 0. The lowest BCUT2D eigenvalue weighted by atomic mass is 9.89. The minimum atomic E-state index is -2.95. The van der Waals surface area contributed by atoms with Gasteiger partial charge in [-0.25, -0.2) is 8.78 Å². The fourth-order valence-corrected chi connectivity index (χ4v) is 0.347. The molecule has 0 radical (unpaired) electrons. The highest BCUT2D eigenvalue weighted by molar-refractivity contribution is 5.16. The van der Waals surface area contributed by atoms with Gasteiger partial charge in [-0.15, -0.1) is 0 Å². The molecule has 1 aliphatic carbocycles. The number of hydrogen-bond donors (Lipinski definition) is 0. The van der Waals surface area contributed by atoms with Crippen molar-refractivity contribution in [1.29, 1.82) is 0 Å². The quantitative estimate of drug-likeness (QED) is 0.414. The Morgan fingerprint density at radius 2 is 2.43 bits per heavy atom. The van der Waals surface area contributed by atoms with Crippen LogP contribution in [-0.2, 0) is 0 Å². The van der Waals surface area contributed by atoms with Gasteiger partial charge in [0.1, 0.15) is 0 Å². The maximum atomic E-state index is 12.1. The summed E-state index contributed by atoms with van der Waals surface area (Å²) in [6.45, 7) is 2.94. The Balaban J connectivity index is 2.74. The van der Waals surface area contributed by atoms with Crippen LogP contribution in [0.4, 0.5) is 8.78 Å². The van der Waals surface area contributed by atoms with Gasteiger partial charge in [-0.05, 0) is 11.9 Å². The second kappa shape index (κ2) is 1.05. The Morgan fingerprint density at radius 3 is 2.43 bits per heavy atom. The summed E-state index contributed by atoms with van der Waals surface area (Å²) in [5.74, 6) is -2.95. The lowest BCUT2D eigenvalue weighted by Gasteiger charge is -2.27. The van der Waals surface area contributed by atoms with Gasteiger partial charge in [0.05, 0.1) is 0 Å². The molecule has 0 spiro atoms. The number of halogens is 2. The van der Waals surface area contributed by atoms with Crippen LogP contribution < -0.4 is 0 Å². The Kier molecular flexibility index (Phi) is 0.422. The van der Waals surface area contributed by atoms with Crippen molar-refractivity contribution < 1.29 is 11.5 Å². The second-order valence-electron chi connectivity index (χ2n) is 1.54. The Morgan fingerprint density at radius 1 is 1.86 bits per heavy atom. The molecule has 1 fully saturated rings. The van der Waals surface area contributed by atoms with Crippen molar-refractivity contribution in [2.24, 2.45) is 0 Å². The van der Waals surface area contributed by atoms with Crippen LogP contribution >= 0.6 is 0 Å². The standard InChI is InChI=1S/C5H6F2/c1-4-2-3-5(4,6)7/h1-3H2/i2D2. The Hall–Kier alpha value is -0.400. The summed E-state index contributed by atoms with van der Waals surface area (Å²) in [5, 5.41) is 0. The molecular weight excluding hydrogens is 98.1 g/mol. The Labute approximate surface area is 43.6 Å². The van der Waals surface area contributed by atoms with Crippen LogP contribution in [0.15, 0.2) is 12.2 Å². The molecule has 0 aromatic carbocycles. The maximum absolute atomic E-state index is 12.1. The van der Waals surface area contributed by atoms with Crippen LogP contribution in [0.5, 0.6) is 0 Å². The number of alkyl halides is 2. The van der Waals surface area contributed by atoms with E-state index in [1.54, 1.807) is 0 Å². The van der Waals surface area contributed by atoms with Gasteiger partial charge in [0.15, 0.2) is 0 Å². The molecule has 1 aliphatic rings. The van der Waals surface area contributed by atoms with E-state index in [1.165, 1.54) is 0 Å². The first kappa shape index (κ1) is 2.80. The third kappa shape index (κ3) is 0.539. The summed E-state index contributed by atoms with van der Waals surface area (Å²) in [6, 6.07) is 0. The van der Waals surface area contributed by atoms with E-state index in [0.717, 1.165) is 0 Å². The molecule has 40 valence electrons. The summed E-state index contributed by atoms with van der Waals surface area (Å²) in [5.41, 5.74) is -0.588. The molecule has 0 atom stereocenters. The molecule has 2 heteroatoms. The predicted octanol–water partition coefficient (Wildman–Crippen LogP) is 1.97. The summed E-state index contributed by atoms with van der Waals surface area (Å²) in [7, 11) is 0. The summed E-state index contributed by atoms with van der Waals surface area (Å²) < 4.78 is 37.8. The van der Waals surface area contributed by atoms with E-state index in [2.05, 4.69) is 6.58 Å². The van der Waals surface area contributed by atoms with Gasteiger partial charge >= 0.3 is 0 Å². The zero-order valence-electron chi connectivity index (χ0n) is 5.67. The monoisotopic (exact) mass is 106 g/mol. The zero-order valence-corrected chi connectivity index (χ0v) is 3.67. The third-order valence-corrected chi connectivity index (χ3v) is 0.965. The molecule has 1 saturated carbocycles. The largest absolute Gasteiger partial charge is 0.269 e. The molecule has 0 amide bonds. The molecule has 0 saturated heterocycles. The zero-order chi connectivity index (χ0) is 7.28. The van der Waals surface area contributed by atoms with Crippen LogP contribution in [0, 0.1) is 0 Å². The number of rotatable bonds is 0. The molecule has 0 aliphatic heterocycles. The molecule has 7 heavy (non-hydrogen) atoms. The van der Waals surface area contributed by atoms with E-state index < -0.39 is 24.3 Å². The first-order valence-corrected chi connectivity index (χ1v) is 1.94. The summed E-state index contributed by atoms with van der Waals surface area (Å²) in [4.78, 5) is 0. The van der Waals surface area contributed by atoms with Crippen molar-refractivity contribution in [3.05, 3.63) is 12.2 Å². The highest BCUT2D eigenvalue weighted by atomic mass is 19.3. The van der Waals surface area contributed by atoms with Crippen molar-refractivity contribution in [2.45, 2.75) is 18.7 Å². The van der Waals surface area contributed by atoms with E-state index in [0.29, 0.717) is 0 Å². The van der Waals surface area contributed by atoms with Crippen molar-refractivity contribution in [3.8, 4) is 0 Å².